The van der Waals surface area contributed by atoms with Gasteiger partial charge in [0.05, 0.1) is 10.7 Å². The summed E-state index contributed by atoms with van der Waals surface area (Å²) >= 11 is 1.72. The Hall–Kier alpha value is -1.20. The summed E-state index contributed by atoms with van der Waals surface area (Å²) in [6, 6.07) is 0.402. The van der Waals surface area contributed by atoms with Gasteiger partial charge in [-0.25, -0.2) is 9.97 Å². The van der Waals surface area contributed by atoms with E-state index in [1.54, 1.807) is 11.3 Å². The van der Waals surface area contributed by atoms with Crippen molar-refractivity contribution < 1.29 is 0 Å². The van der Waals surface area contributed by atoms with Crippen molar-refractivity contribution >= 4 is 11.3 Å². The topological polar surface area (TPSA) is 42.7 Å². The third-order valence-corrected chi connectivity index (χ3v) is 4.01. The summed E-state index contributed by atoms with van der Waals surface area (Å²) < 4.78 is 2.20. The second-order valence-corrected chi connectivity index (χ2v) is 5.71. The number of imidazole rings is 1. The molecule has 2 aromatic heterocycles. The number of aromatic nitrogens is 3. The fourth-order valence-electron chi connectivity index (χ4n) is 2.30. The summed E-state index contributed by atoms with van der Waals surface area (Å²) in [4.78, 5) is 9.02. The Morgan fingerprint density at radius 1 is 1.37 bits per heavy atom. The van der Waals surface area contributed by atoms with E-state index in [-0.39, 0.29) is 0 Å². The Labute approximate surface area is 118 Å². The Morgan fingerprint density at radius 2 is 2.21 bits per heavy atom. The zero-order valence-corrected chi connectivity index (χ0v) is 12.7. The Balaban J connectivity index is 2.03. The molecule has 0 bridgehead atoms. The Kier molecular flexibility index (Phi) is 5.10. The van der Waals surface area contributed by atoms with Crippen molar-refractivity contribution in [3.63, 3.8) is 0 Å². The zero-order valence-electron chi connectivity index (χ0n) is 11.9. The van der Waals surface area contributed by atoms with Gasteiger partial charge in [0.2, 0.25) is 0 Å². The molecule has 0 aromatic carbocycles. The number of hydrogen-bond donors (Lipinski definition) is 1. The molecule has 4 nitrogen and oxygen atoms in total. The fraction of sp³-hybridized carbons (Fsp3) is 0.571. The first-order valence-corrected chi connectivity index (χ1v) is 7.75. The minimum atomic E-state index is 0.402. The number of thiazole rings is 1. The van der Waals surface area contributed by atoms with Crippen LogP contribution in [0.2, 0.25) is 0 Å². The molecule has 2 rings (SSSR count). The maximum atomic E-state index is 4.56. The van der Waals surface area contributed by atoms with Crippen LogP contribution in [-0.4, -0.2) is 27.1 Å². The molecular formula is C14H22N4S. The summed E-state index contributed by atoms with van der Waals surface area (Å²) in [5, 5.41) is 6.84. The van der Waals surface area contributed by atoms with E-state index in [2.05, 4.69) is 46.0 Å². The van der Waals surface area contributed by atoms with E-state index >= 15 is 0 Å². The first-order chi connectivity index (χ1) is 9.22. The average Bonchev–Trinajstić information content (AvgIpc) is 2.99. The number of nitrogens with one attached hydrogen (secondary N) is 1. The molecule has 2 aromatic rings. The molecule has 0 aliphatic rings. The van der Waals surface area contributed by atoms with E-state index in [1.165, 1.54) is 5.69 Å². The van der Waals surface area contributed by atoms with Crippen LogP contribution >= 0.6 is 11.3 Å². The van der Waals surface area contributed by atoms with Crippen molar-refractivity contribution in [1.82, 2.24) is 19.9 Å². The lowest BCUT2D eigenvalue weighted by molar-refractivity contribution is 0.495. The lowest BCUT2D eigenvalue weighted by Gasteiger charge is -2.17. The normalized spacial score (nSPS) is 12.8. The molecule has 1 atom stereocenters. The van der Waals surface area contributed by atoms with Gasteiger partial charge in [-0.1, -0.05) is 6.92 Å². The van der Waals surface area contributed by atoms with Crippen LogP contribution in [0.3, 0.4) is 0 Å². The predicted molar refractivity (Wildman–Crippen MR) is 79.6 cm³/mol. The smallest absolute Gasteiger partial charge is 0.110 e. The molecule has 2 heterocycles. The summed E-state index contributed by atoms with van der Waals surface area (Å²) in [6.07, 6.45) is 5.85. The van der Waals surface area contributed by atoms with Crippen LogP contribution in [-0.2, 0) is 19.4 Å². The third kappa shape index (κ3) is 3.88. The van der Waals surface area contributed by atoms with E-state index in [4.69, 9.17) is 0 Å². The highest BCUT2D eigenvalue weighted by molar-refractivity contribution is 7.09. The van der Waals surface area contributed by atoms with Crippen LogP contribution in [0.5, 0.6) is 0 Å². The molecule has 1 N–H and O–H groups in total. The van der Waals surface area contributed by atoms with Crippen LogP contribution in [0.15, 0.2) is 17.8 Å². The van der Waals surface area contributed by atoms with Crippen LogP contribution in [0.1, 0.15) is 30.4 Å². The molecule has 1 unspecified atom stereocenters. The van der Waals surface area contributed by atoms with Crippen molar-refractivity contribution in [1.29, 1.82) is 0 Å². The minimum absolute atomic E-state index is 0.402. The van der Waals surface area contributed by atoms with Crippen molar-refractivity contribution in [2.45, 2.75) is 46.2 Å². The highest BCUT2D eigenvalue weighted by atomic mass is 32.1. The molecule has 0 aliphatic heterocycles. The number of aryl methyl sites for hydroxylation is 2. The molecule has 0 spiro atoms. The second kappa shape index (κ2) is 6.82. The molecular weight excluding hydrogens is 256 g/mol. The largest absolute Gasteiger partial charge is 0.335 e. The van der Waals surface area contributed by atoms with Crippen LogP contribution in [0.25, 0.3) is 0 Å². The Bertz CT molecular complexity index is 503. The monoisotopic (exact) mass is 278 g/mol. The first-order valence-electron chi connectivity index (χ1n) is 6.87. The van der Waals surface area contributed by atoms with E-state index in [1.807, 2.05) is 12.4 Å². The highest BCUT2D eigenvalue weighted by Gasteiger charge is 2.14. The fourth-order valence-corrected chi connectivity index (χ4v) is 2.92. The van der Waals surface area contributed by atoms with Gasteiger partial charge in [0.15, 0.2) is 0 Å². The Morgan fingerprint density at radius 3 is 2.84 bits per heavy atom. The molecule has 0 saturated heterocycles. The van der Waals surface area contributed by atoms with Gasteiger partial charge in [-0.2, -0.15) is 0 Å². The quantitative estimate of drug-likeness (QED) is 0.846. The zero-order chi connectivity index (χ0) is 13.7. The first kappa shape index (κ1) is 14.2. The van der Waals surface area contributed by atoms with Gasteiger partial charge in [0, 0.05) is 43.2 Å². The van der Waals surface area contributed by atoms with E-state index in [0.29, 0.717) is 6.04 Å². The summed E-state index contributed by atoms with van der Waals surface area (Å²) in [5.41, 5.74) is 1.18. The van der Waals surface area contributed by atoms with E-state index in [0.717, 1.165) is 36.8 Å². The minimum Gasteiger partial charge on any atom is -0.335 e. The number of hydrogen-bond acceptors (Lipinski definition) is 4. The second-order valence-electron chi connectivity index (χ2n) is 4.65. The lowest BCUT2D eigenvalue weighted by atomic mass is 10.1. The standard InChI is InChI=1S/C14H22N4S/c1-4-15-12(8-13-10-19-11(3)17-13)9-14-16-6-7-18(14)5-2/h6-7,10,12,15H,4-5,8-9H2,1-3H3. The van der Waals surface area contributed by atoms with Gasteiger partial charge in [0.1, 0.15) is 5.82 Å². The van der Waals surface area contributed by atoms with E-state index < -0.39 is 0 Å². The maximum absolute atomic E-state index is 4.56. The third-order valence-electron chi connectivity index (χ3n) is 3.19. The SMILES string of the molecule is CCNC(Cc1csc(C)n1)Cc1nccn1CC. The number of rotatable bonds is 7. The van der Waals surface area contributed by atoms with Crippen molar-refractivity contribution in [2.24, 2.45) is 0 Å². The lowest BCUT2D eigenvalue weighted by Crippen LogP contribution is -2.34. The molecule has 0 radical (unpaired) electrons. The molecule has 0 saturated carbocycles. The van der Waals surface area contributed by atoms with Gasteiger partial charge in [-0.3, -0.25) is 0 Å². The number of likely N-dealkylation sites (N-methyl/N-ethyl adjacent to an activating group) is 1. The van der Waals surface area contributed by atoms with E-state index in [9.17, 15) is 0 Å². The maximum Gasteiger partial charge on any atom is 0.110 e. The molecule has 0 amide bonds. The molecule has 104 valence electrons. The van der Waals surface area contributed by atoms with Crippen LogP contribution in [0, 0.1) is 6.92 Å². The predicted octanol–water partition coefficient (Wildman–Crippen LogP) is 2.43. The van der Waals surface area contributed by atoms with Gasteiger partial charge in [0.25, 0.3) is 0 Å². The van der Waals surface area contributed by atoms with Gasteiger partial charge in [-0.05, 0) is 20.4 Å². The van der Waals surface area contributed by atoms with Crippen LogP contribution < -0.4 is 5.32 Å². The molecule has 19 heavy (non-hydrogen) atoms. The molecule has 5 heteroatoms. The van der Waals surface area contributed by atoms with Gasteiger partial charge < -0.3 is 9.88 Å². The van der Waals surface area contributed by atoms with Crippen molar-refractivity contribution in [3.05, 3.63) is 34.3 Å². The summed E-state index contributed by atoms with van der Waals surface area (Å²) in [6.45, 7) is 8.30. The average molecular weight is 278 g/mol. The highest BCUT2D eigenvalue weighted by Crippen LogP contribution is 2.12. The summed E-state index contributed by atoms with van der Waals surface area (Å²) in [5.74, 6) is 1.15. The number of nitrogens with zero attached hydrogens (tertiary/aromatic N) is 3. The van der Waals surface area contributed by atoms with Gasteiger partial charge in [-0.15, -0.1) is 11.3 Å². The molecule has 0 aliphatic carbocycles. The molecule has 0 fully saturated rings. The van der Waals surface area contributed by atoms with Crippen molar-refractivity contribution in [3.8, 4) is 0 Å². The van der Waals surface area contributed by atoms with Crippen molar-refractivity contribution in [2.75, 3.05) is 6.54 Å². The van der Waals surface area contributed by atoms with Crippen LogP contribution in [0.4, 0.5) is 0 Å². The summed E-state index contributed by atoms with van der Waals surface area (Å²) in [7, 11) is 0. The van der Waals surface area contributed by atoms with Gasteiger partial charge >= 0.3 is 0 Å².